The Bertz CT molecular complexity index is 1260. The molecule has 1 aliphatic rings. The van der Waals surface area contributed by atoms with Crippen LogP contribution in [-0.2, 0) is 6.54 Å². The number of hydrogen-bond acceptors (Lipinski definition) is 3. The number of carbonyl (C=O) groups is 1. The number of urea groups is 1. The second kappa shape index (κ2) is 8.48. The summed E-state index contributed by atoms with van der Waals surface area (Å²) in [5, 5.41) is 13.6. The van der Waals surface area contributed by atoms with Crippen molar-refractivity contribution in [3.63, 3.8) is 0 Å². The van der Waals surface area contributed by atoms with Gasteiger partial charge in [0.15, 0.2) is 0 Å². The lowest BCUT2D eigenvalue weighted by Gasteiger charge is -2.16. The summed E-state index contributed by atoms with van der Waals surface area (Å²) in [6.45, 7) is 6.45. The predicted octanol–water partition coefficient (Wildman–Crippen LogP) is 4.71. The van der Waals surface area contributed by atoms with Crippen LogP contribution in [0.2, 0.25) is 0 Å². The summed E-state index contributed by atoms with van der Waals surface area (Å²) in [7, 11) is 0. The molecule has 6 nitrogen and oxygen atoms in total. The largest absolute Gasteiger partial charge is 0.336 e. The van der Waals surface area contributed by atoms with Gasteiger partial charge in [-0.15, -0.1) is 0 Å². The van der Waals surface area contributed by atoms with Gasteiger partial charge in [0.25, 0.3) is 0 Å². The molecular formula is C26H27N5O. The van der Waals surface area contributed by atoms with Gasteiger partial charge < -0.3 is 10.6 Å². The zero-order chi connectivity index (χ0) is 22.1. The Morgan fingerprint density at radius 3 is 2.62 bits per heavy atom. The minimum Gasteiger partial charge on any atom is -0.336 e. The van der Waals surface area contributed by atoms with Crippen LogP contribution < -0.4 is 15.5 Å². The summed E-state index contributed by atoms with van der Waals surface area (Å²) >= 11 is 0. The molecule has 1 aromatic heterocycles. The van der Waals surface area contributed by atoms with Crippen molar-refractivity contribution in [2.24, 2.45) is 0 Å². The maximum Gasteiger partial charge on any atom is 0.321 e. The quantitative estimate of drug-likeness (QED) is 0.470. The molecule has 0 spiro atoms. The van der Waals surface area contributed by atoms with Crippen LogP contribution in [0.15, 0.2) is 72.9 Å². The van der Waals surface area contributed by atoms with E-state index in [9.17, 15) is 4.79 Å². The molecule has 2 heterocycles. The average molecular weight is 426 g/mol. The number of nitrogens with zero attached hydrogens (tertiary/aromatic N) is 3. The third-order valence-electron chi connectivity index (χ3n) is 6.23. The van der Waals surface area contributed by atoms with Gasteiger partial charge in [-0.05, 0) is 43.0 Å². The number of amides is 2. The Morgan fingerprint density at radius 2 is 1.84 bits per heavy atom. The summed E-state index contributed by atoms with van der Waals surface area (Å²) in [4.78, 5) is 13.6. The molecule has 3 aromatic carbocycles. The first kappa shape index (κ1) is 20.3. The van der Waals surface area contributed by atoms with E-state index in [2.05, 4.69) is 79.1 Å². The number of hydrogen-bond donors (Lipinski definition) is 2. The molecule has 1 atom stereocenters. The molecular weight excluding hydrogens is 398 g/mol. The number of carbonyl (C=O) groups excluding carboxylic acids is 1. The van der Waals surface area contributed by atoms with Crippen molar-refractivity contribution in [3.05, 3.63) is 89.7 Å². The summed E-state index contributed by atoms with van der Waals surface area (Å²) < 4.78 is 2.03. The van der Waals surface area contributed by atoms with E-state index >= 15 is 0 Å². The first-order chi connectivity index (χ1) is 15.6. The summed E-state index contributed by atoms with van der Waals surface area (Å²) in [5.74, 6) is 0. The molecule has 6 heteroatoms. The molecule has 1 fully saturated rings. The van der Waals surface area contributed by atoms with E-state index in [1.807, 2.05) is 23.0 Å². The van der Waals surface area contributed by atoms with E-state index in [-0.39, 0.29) is 12.1 Å². The van der Waals surface area contributed by atoms with E-state index in [1.54, 1.807) is 4.90 Å². The number of fused-ring (bicyclic) bond motifs is 1. The maximum atomic E-state index is 11.8. The molecule has 0 saturated carbocycles. The molecule has 0 aliphatic carbocycles. The zero-order valence-corrected chi connectivity index (χ0v) is 18.4. The fourth-order valence-corrected chi connectivity index (χ4v) is 4.38. The van der Waals surface area contributed by atoms with Crippen molar-refractivity contribution in [3.8, 4) is 5.69 Å². The molecule has 2 N–H and O–H groups in total. The Morgan fingerprint density at radius 1 is 1.06 bits per heavy atom. The number of anilines is 1. The van der Waals surface area contributed by atoms with E-state index < -0.39 is 0 Å². The minimum absolute atomic E-state index is 0.0248. The van der Waals surface area contributed by atoms with Crippen LogP contribution in [0.5, 0.6) is 0 Å². The monoisotopic (exact) mass is 425 g/mol. The second-order valence-corrected chi connectivity index (χ2v) is 8.25. The first-order valence-corrected chi connectivity index (χ1v) is 11.0. The fourth-order valence-electron chi connectivity index (χ4n) is 4.38. The minimum atomic E-state index is -0.0248. The number of rotatable bonds is 6. The van der Waals surface area contributed by atoms with Crippen LogP contribution in [-0.4, -0.2) is 28.9 Å². The lowest BCUT2D eigenvalue weighted by Crippen LogP contribution is -2.27. The first-order valence-electron chi connectivity index (χ1n) is 11.0. The highest BCUT2D eigenvalue weighted by Gasteiger charge is 2.21. The van der Waals surface area contributed by atoms with E-state index in [0.717, 1.165) is 23.6 Å². The third-order valence-corrected chi connectivity index (χ3v) is 6.23. The topological polar surface area (TPSA) is 62.2 Å². The normalized spacial score (nSPS) is 14.7. The van der Waals surface area contributed by atoms with Gasteiger partial charge in [0.2, 0.25) is 0 Å². The Balaban J connectivity index is 1.30. The molecule has 1 aliphatic heterocycles. The highest BCUT2D eigenvalue weighted by Crippen LogP contribution is 2.26. The van der Waals surface area contributed by atoms with Crippen LogP contribution in [0.3, 0.4) is 0 Å². The third kappa shape index (κ3) is 3.74. The van der Waals surface area contributed by atoms with Crippen molar-refractivity contribution in [1.29, 1.82) is 0 Å². The highest BCUT2D eigenvalue weighted by atomic mass is 16.2. The van der Waals surface area contributed by atoms with E-state index in [1.165, 1.54) is 21.9 Å². The van der Waals surface area contributed by atoms with Gasteiger partial charge in [-0.25, -0.2) is 9.48 Å². The Hall–Kier alpha value is -3.64. The van der Waals surface area contributed by atoms with Gasteiger partial charge in [0.05, 0.1) is 11.9 Å². The van der Waals surface area contributed by atoms with Gasteiger partial charge in [-0.2, -0.15) is 5.10 Å². The van der Waals surface area contributed by atoms with Crippen molar-refractivity contribution in [2.75, 3.05) is 18.0 Å². The predicted molar refractivity (Wildman–Crippen MR) is 128 cm³/mol. The van der Waals surface area contributed by atoms with Crippen molar-refractivity contribution >= 4 is 22.5 Å². The van der Waals surface area contributed by atoms with Gasteiger partial charge >= 0.3 is 6.03 Å². The van der Waals surface area contributed by atoms with Crippen molar-refractivity contribution in [1.82, 2.24) is 20.4 Å². The molecule has 1 unspecified atom stereocenters. The van der Waals surface area contributed by atoms with E-state index in [0.29, 0.717) is 13.1 Å². The van der Waals surface area contributed by atoms with Crippen molar-refractivity contribution in [2.45, 2.75) is 26.4 Å². The van der Waals surface area contributed by atoms with Gasteiger partial charge in [-0.3, -0.25) is 4.90 Å². The Labute approximate surface area is 187 Å². The molecule has 0 bridgehead atoms. The van der Waals surface area contributed by atoms with Crippen LogP contribution in [0, 0.1) is 6.92 Å². The molecule has 4 aromatic rings. The summed E-state index contributed by atoms with van der Waals surface area (Å²) in [5.41, 5.74) is 5.53. The standard InChI is InChI=1S/C26H27N5O/c1-18(28-16-20-10-12-22(13-11-20)30-15-14-27-26(30)32)24-17-29-31(19(24)2)25-9-5-7-21-6-3-4-8-23(21)25/h3-13,17-18,28H,14-16H2,1-2H3,(H,27,32). The highest BCUT2D eigenvalue weighted by molar-refractivity contribution is 5.94. The lowest BCUT2D eigenvalue weighted by atomic mass is 10.1. The zero-order valence-electron chi connectivity index (χ0n) is 18.4. The fraction of sp³-hybridized carbons (Fsp3) is 0.231. The molecule has 1 saturated heterocycles. The summed E-state index contributed by atoms with van der Waals surface area (Å²) in [6.07, 6.45) is 1.96. The van der Waals surface area contributed by atoms with Gasteiger partial charge in [-0.1, -0.05) is 48.5 Å². The van der Waals surface area contributed by atoms with Crippen molar-refractivity contribution < 1.29 is 4.79 Å². The maximum absolute atomic E-state index is 11.8. The molecule has 162 valence electrons. The number of aromatic nitrogens is 2. The van der Waals surface area contributed by atoms with Crippen LogP contribution in [0.4, 0.5) is 10.5 Å². The van der Waals surface area contributed by atoms with Crippen LogP contribution in [0.1, 0.15) is 29.8 Å². The number of nitrogens with one attached hydrogen (secondary N) is 2. The Kier molecular flexibility index (Phi) is 5.37. The van der Waals surface area contributed by atoms with Crippen LogP contribution in [0.25, 0.3) is 16.5 Å². The molecule has 32 heavy (non-hydrogen) atoms. The average Bonchev–Trinajstić information content (AvgIpc) is 3.43. The molecule has 2 amide bonds. The van der Waals surface area contributed by atoms with Gasteiger partial charge in [0, 0.05) is 48.0 Å². The van der Waals surface area contributed by atoms with E-state index in [4.69, 9.17) is 5.10 Å². The molecule has 5 rings (SSSR count). The molecule has 0 radical (unpaired) electrons. The smallest absolute Gasteiger partial charge is 0.321 e. The summed E-state index contributed by atoms with van der Waals surface area (Å²) in [6, 6.07) is 23.0. The van der Waals surface area contributed by atoms with Gasteiger partial charge in [0.1, 0.15) is 0 Å². The number of benzene rings is 3. The van der Waals surface area contributed by atoms with Crippen LogP contribution >= 0.6 is 0 Å². The SMILES string of the molecule is Cc1c(C(C)NCc2ccc(N3CCNC3=O)cc2)cnn1-c1cccc2ccccc12. The second-order valence-electron chi connectivity index (χ2n) is 8.25. The lowest BCUT2D eigenvalue weighted by molar-refractivity contribution is 0.252.